The van der Waals surface area contributed by atoms with Gasteiger partial charge in [-0.2, -0.15) is 0 Å². The summed E-state index contributed by atoms with van der Waals surface area (Å²) in [5, 5.41) is 19.5. The van der Waals surface area contributed by atoms with E-state index in [9.17, 15) is 19.8 Å². The van der Waals surface area contributed by atoms with Gasteiger partial charge in [0.15, 0.2) is 0 Å². The zero-order valence-electron chi connectivity index (χ0n) is 17.0. The first-order valence-corrected chi connectivity index (χ1v) is 10.2. The molecule has 4 heteroatoms. The fraction of sp³-hybridized carbons (Fsp3) is 0.231. The van der Waals surface area contributed by atoms with Crippen LogP contribution in [0, 0.1) is 11.8 Å². The first-order chi connectivity index (χ1) is 14.5. The second-order valence-corrected chi connectivity index (χ2v) is 7.53. The van der Waals surface area contributed by atoms with E-state index in [1.807, 2.05) is 78.9 Å². The Kier molecular flexibility index (Phi) is 7.02. The van der Waals surface area contributed by atoms with Crippen LogP contribution in [-0.4, -0.2) is 22.2 Å². The van der Waals surface area contributed by atoms with Gasteiger partial charge in [-0.25, -0.2) is 0 Å². The van der Waals surface area contributed by atoms with E-state index in [0.29, 0.717) is 0 Å². The lowest BCUT2D eigenvalue weighted by molar-refractivity contribution is -0.153. The van der Waals surface area contributed by atoms with Gasteiger partial charge in [0.05, 0.1) is 11.8 Å². The summed E-state index contributed by atoms with van der Waals surface area (Å²) in [6.45, 7) is 2.05. The Labute approximate surface area is 176 Å². The van der Waals surface area contributed by atoms with Crippen LogP contribution in [0.15, 0.2) is 78.9 Å². The maximum atomic E-state index is 12.0. The van der Waals surface area contributed by atoms with E-state index in [1.165, 1.54) is 5.56 Å². The molecule has 3 aromatic carbocycles. The number of carboxylic acid groups (broad SMARTS) is 2. The molecule has 3 rings (SSSR count). The molecular formula is C26H26O4. The van der Waals surface area contributed by atoms with E-state index in [1.54, 1.807) is 0 Å². The van der Waals surface area contributed by atoms with Crippen LogP contribution in [0.2, 0.25) is 0 Å². The van der Waals surface area contributed by atoms with Crippen molar-refractivity contribution < 1.29 is 19.8 Å². The molecule has 0 saturated heterocycles. The Hall–Kier alpha value is -3.40. The molecule has 0 heterocycles. The van der Waals surface area contributed by atoms with E-state index in [-0.39, 0.29) is 12.8 Å². The number of carbonyl (C=O) groups is 2. The van der Waals surface area contributed by atoms with E-state index >= 15 is 0 Å². The molecule has 154 valence electrons. The molecule has 0 aliphatic rings. The van der Waals surface area contributed by atoms with Crippen LogP contribution in [0.25, 0.3) is 11.1 Å². The molecular weight excluding hydrogens is 376 g/mol. The number of hydrogen-bond acceptors (Lipinski definition) is 2. The molecule has 0 spiro atoms. The second kappa shape index (κ2) is 9.88. The zero-order valence-corrected chi connectivity index (χ0v) is 17.0. The average molecular weight is 402 g/mol. The molecule has 0 aliphatic heterocycles. The number of benzene rings is 3. The lowest BCUT2D eigenvalue weighted by atomic mass is 9.82. The monoisotopic (exact) mass is 402 g/mol. The lowest BCUT2D eigenvalue weighted by Gasteiger charge is -2.21. The summed E-state index contributed by atoms with van der Waals surface area (Å²) in [6.07, 6.45) is 1.27. The Balaban J connectivity index is 1.78. The van der Waals surface area contributed by atoms with Crippen molar-refractivity contribution in [2.24, 2.45) is 11.8 Å². The second-order valence-electron chi connectivity index (χ2n) is 7.53. The van der Waals surface area contributed by atoms with Gasteiger partial charge in [-0.05, 0) is 47.1 Å². The third-order valence-electron chi connectivity index (χ3n) is 5.52. The number of aliphatic carboxylic acids is 2. The van der Waals surface area contributed by atoms with Crippen molar-refractivity contribution in [1.82, 2.24) is 0 Å². The van der Waals surface area contributed by atoms with Crippen molar-refractivity contribution >= 4 is 11.9 Å². The fourth-order valence-corrected chi connectivity index (χ4v) is 3.69. The molecule has 0 radical (unpaired) electrons. The Morgan fingerprint density at radius 1 is 0.633 bits per heavy atom. The van der Waals surface area contributed by atoms with Gasteiger partial charge in [0.25, 0.3) is 0 Å². The van der Waals surface area contributed by atoms with Crippen LogP contribution >= 0.6 is 0 Å². The van der Waals surface area contributed by atoms with E-state index in [0.717, 1.165) is 28.7 Å². The predicted molar refractivity (Wildman–Crippen MR) is 117 cm³/mol. The highest BCUT2D eigenvalue weighted by Crippen LogP contribution is 2.25. The van der Waals surface area contributed by atoms with E-state index in [4.69, 9.17) is 0 Å². The largest absolute Gasteiger partial charge is 0.481 e. The molecule has 0 aromatic heterocycles. The lowest BCUT2D eigenvalue weighted by Crippen LogP contribution is -2.33. The van der Waals surface area contributed by atoms with Crippen molar-refractivity contribution in [3.05, 3.63) is 95.6 Å². The summed E-state index contributed by atoms with van der Waals surface area (Å²) in [6, 6.07) is 25.3. The molecule has 4 nitrogen and oxygen atoms in total. The summed E-state index contributed by atoms with van der Waals surface area (Å²) in [5.74, 6) is -4.16. The van der Waals surface area contributed by atoms with E-state index in [2.05, 4.69) is 6.92 Å². The third kappa shape index (κ3) is 5.35. The van der Waals surface area contributed by atoms with Crippen LogP contribution in [0.5, 0.6) is 0 Å². The molecule has 30 heavy (non-hydrogen) atoms. The molecule has 2 N–H and O–H groups in total. The van der Waals surface area contributed by atoms with Gasteiger partial charge < -0.3 is 10.2 Å². The highest BCUT2D eigenvalue weighted by molar-refractivity contribution is 5.80. The Bertz CT molecular complexity index is 976. The SMILES string of the molecule is CCc1ccc(C[C@H](C(=O)O)[C@H](Cc2ccc(-c3ccccc3)cc2)C(=O)O)cc1. The van der Waals surface area contributed by atoms with Crippen molar-refractivity contribution in [3.63, 3.8) is 0 Å². The molecule has 2 atom stereocenters. The number of carboxylic acids is 2. The quantitative estimate of drug-likeness (QED) is 0.522. The van der Waals surface area contributed by atoms with Gasteiger partial charge in [0, 0.05) is 0 Å². The molecule has 0 amide bonds. The van der Waals surface area contributed by atoms with Gasteiger partial charge in [-0.15, -0.1) is 0 Å². The number of aryl methyl sites for hydroxylation is 1. The third-order valence-corrected chi connectivity index (χ3v) is 5.52. The Morgan fingerprint density at radius 2 is 1.03 bits per heavy atom. The maximum absolute atomic E-state index is 12.0. The fourth-order valence-electron chi connectivity index (χ4n) is 3.69. The van der Waals surface area contributed by atoms with Crippen LogP contribution in [0.3, 0.4) is 0 Å². The van der Waals surface area contributed by atoms with Gasteiger partial charge in [-0.3, -0.25) is 9.59 Å². The average Bonchev–Trinajstić information content (AvgIpc) is 2.77. The first-order valence-electron chi connectivity index (χ1n) is 10.2. The summed E-state index contributed by atoms with van der Waals surface area (Å²) in [7, 11) is 0. The van der Waals surface area contributed by atoms with Crippen LogP contribution < -0.4 is 0 Å². The highest BCUT2D eigenvalue weighted by Gasteiger charge is 2.34. The van der Waals surface area contributed by atoms with Gasteiger partial charge >= 0.3 is 11.9 Å². The molecule has 0 fully saturated rings. The minimum atomic E-state index is -1.08. The van der Waals surface area contributed by atoms with Gasteiger partial charge in [0.2, 0.25) is 0 Å². The first kappa shape index (κ1) is 21.3. The summed E-state index contributed by atoms with van der Waals surface area (Å²) in [4.78, 5) is 23.9. The molecule has 0 unspecified atom stereocenters. The minimum Gasteiger partial charge on any atom is -0.481 e. The van der Waals surface area contributed by atoms with E-state index < -0.39 is 23.8 Å². The van der Waals surface area contributed by atoms with Crippen molar-refractivity contribution in [2.75, 3.05) is 0 Å². The summed E-state index contributed by atoms with van der Waals surface area (Å²) >= 11 is 0. The molecule has 0 aliphatic carbocycles. The van der Waals surface area contributed by atoms with Crippen LogP contribution in [-0.2, 0) is 28.9 Å². The standard InChI is InChI=1S/C26H26O4/c1-2-18-8-10-19(11-9-18)16-23(25(27)28)24(26(29)30)17-20-12-14-22(15-13-20)21-6-4-3-5-7-21/h3-15,23-24H,2,16-17H2,1H3,(H,27,28)(H,29,30)/t23-,24-/m0/s1. The summed E-state index contributed by atoms with van der Waals surface area (Å²) < 4.78 is 0. The van der Waals surface area contributed by atoms with Gasteiger partial charge in [-0.1, -0.05) is 85.8 Å². The molecule has 0 saturated carbocycles. The van der Waals surface area contributed by atoms with Crippen LogP contribution in [0.1, 0.15) is 23.6 Å². The topological polar surface area (TPSA) is 74.6 Å². The predicted octanol–water partition coefficient (Wildman–Crippen LogP) is 5.10. The van der Waals surface area contributed by atoms with Crippen molar-refractivity contribution in [2.45, 2.75) is 26.2 Å². The Morgan fingerprint density at radius 3 is 1.47 bits per heavy atom. The minimum absolute atomic E-state index is 0.175. The zero-order chi connectivity index (χ0) is 21.5. The van der Waals surface area contributed by atoms with Crippen molar-refractivity contribution in [3.8, 4) is 11.1 Å². The number of hydrogen-bond donors (Lipinski definition) is 2. The number of rotatable bonds is 9. The molecule has 0 bridgehead atoms. The van der Waals surface area contributed by atoms with Gasteiger partial charge in [0.1, 0.15) is 0 Å². The van der Waals surface area contributed by atoms with Crippen molar-refractivity contribution in [1.29, 1.82) is 0 Å². The normalized spacial score (nSPS) is 12.8. The molecule has 3 aromatic rings. The smallest absolute Gasteiger partial charge is 0.307 e. The van der Waals surface area contributed by atoms with Crippen LogP contribution in [0.4, 0.5) is 0 Å². The highest BCUT2D eigenvalue weighted by atomic mass is 16.4. The summed E-state index contributed by atoms with van der Waals surface area (Å²) in [5.41, 5.74) is 4.94. The maximum Gasteiger partial charge on any atom is 0.307 e.